The van der Waals surface area contributed by atoms with Crippen molar-refractivity contribution in [1.29, 1.82) is 0 Å². The monoisotopic (exact) mass is 328 g/mol. The molecule has 1 spiro atoms. The molecule has 0 amide bonds. The highest BCUT2D eigenvalue weighted by molar-refractivity contribution is 5.91. The van der Waals surface area contributed by atoms with E-state index in [0.717, 1.165) is 37.2 Å². The van der Waals surface area contributed by atoms with Crippen LogP contribution in [0.1, 0.15) is 78.1 Å². The van der Waals surface area contributed by atoms with Gasteiger partial charge in [-0.15, -0.1) is 0 Å². The number of fused-ring (bicyclic) bond motifs is 6. The average Bonchev–Trinajstić information content (AvgIpc) is 3.15. The van der Waals surface area contributed by atoms with Crippen molar-refractivity contribution < 1.29 is 9.53 Å². The molecule has 1 heterocycles. The summed E-state index contributed by atoms with van der Waals surface area (Å²) in [6.07, 6.45) is 14.3. The van der Waals surface area contributed by atoms with E-state index in [4.69, 9.17) is 4.74 Å². The zero-order valence-corrected chi connectivity index (χ0v) is 15.4. The van der Waals surface area contributed by atoms with Gasteiger partial charge >= 0.3 is 0 Å². The molecule has 24 heavy (non-hydrogen) atoms. The second-order valence-corrected chi connectivity index (χ2v) is 9.91. The van der Waals surface area contributed by atoms with Gasteiger partial charge in [0.05, 0.1) is 5.60 Å². The minimum Gasteiger partial charge on any atom is -0.374 e. The van der Waals surface area contributed by atoms with Crippen LogP contribution in [0.4, 0.5) is 0 Å². The van der Waals surface area contributed by atoms with Gasteiger partial charge in [0.15, 0.2) is 5.78 Å². The topological polar surface area (TPSA) is 26.3 Å². The van der Waals surface area contributed by atoms with Crippen LogP contribution in [0.25, 0.3) is 0 Å². The molecule has 0 aromatic carbocycles. The number of hydrogen-bond acceptors (Lipinski definition) is 2. The molecule has 4 fully saturated rings. The lowest BCUT2D eigenvalue weighted by atomic mass is 9.46. The lowest BCUT2D eigenvalue weighted by Crippen LogP contribution is -2.54. The largest absolute Gasteiger partial charge is 0.374 e. The Morgan fingerprint density at radius 1 is 1.00 bits per heavy atom. The summed E-state index contributed by atoms with van der Waals surface area (Å²) in [5, 5.41) is 0. The highest BCUT2D eigenvalue weighted by Crippen LogP contribution is 2.69. The fraction of sp³-hybridized carbons (Fsp3) is 0.864. The van der Waals surface area contributed by atoms with E-state index in [2.05, 4.69) is 13.8 Å². The van der Waals surface area contributed by atoms with Gasteiger partial charge in [0.2, 0.25) is 0 Å². The van der Waals surface area contributed by atoms with Crippen LogP contribution in [0.15, 0.2) is 11.6 Å². The first-order valence-corrected chi connectivity index (χ1v) is 10.4. The zero-order valence-electron chi connectivity index (χ0n) is 15.4. The Hall–Kier alpha value is -0.630. The van der Waals surface area contributed by atoms with Gasteiger partial charge in [-0.3, -0.25) is 4.79 Å². The van der Waals surface area contributed by atoms with Gasteiger partial charge in [0, 0.05) is 13.0 Å². The summed E-state index contributed by atoms with van der Waals surface area (Å²) in [5.74, 6) is 2.90. The maximum atomic E-state index is 11.9. The fourth-order valence-corrected chi connectivity index (χ4v) is 8.00. The summed E-state index contributed by atoms with van der Waals surface area (Å²) in [7, 11) is 0. The van der Waals surface area contributed by atoms with E-state index in [1.54, 1.807) is 0 Å². The van der Waals surface area contributed by atoms with Crippen LogP contribution in [-0.2, 0) is 9.53 Å². The molecule has 0 bridgehead atoms. The SMILES string of the molecule is C[C@]12CCC(=O)C=C1CC[C@@H]1[C@@H]2CC[C@@]2(C)[C@H]1CC[C@@]21CCCO1. The first-order chi connectivity index (χ1) is 11.5. The molecule has 6 atom stereocenters. The first-order valence-electron chi connectivity index (χ1n) is 10.4. The molecule has 0 radical (unpaired) electrons. The third-order valence-electron chi connectivity index (χ3n) is 9.35. The number of carbonyl (C=O) groups excluding carboxylic acids is 1. The molecule has 5 rings (SSSR count). The zero-order chi connectivity index (χ0) is 16.6. The molecule has 2 nitrogen and oxygen atoms in total. The van der Waals surface area contributed by atoms with Crippen LogP contribution in [0.3, 0.4) is 0 Å². The van der Waals surface area contributed by atoms with Crippen molar-refractivity contribution in [1.82, 2.24) is 0 Å². The number of ether oxygens (including phenoxy) is 1. The van der Waals surface area contributed by atoms with Gasteiger partial charge in [0.1, 0.15) is 0 Å². The third-order valence-corrected chi connectivity index (χ3v) is 9.35. The standard InChI is InChI=1S/C22H32O2/c1-20-10-6-16(23)14-15(20)4-5-17-18(20)7-11-21(2)19(17)8-12-22(21)9-3-13-24-22/h14,17-19H,3-13H2,1-2H3/t17-,18+,19+,20+,21+,22+/m1/s1. The van der Waals surface area contributed by atoms with Crippen LogP contribution < -0.4 is 0 Å². The van der Waals surface area contributed by atoms with Crippen LogP contribution in [-0.4, -0.2) is 18.0 Å². The molecule has 2 heteroatoms. The highest BCUT2D eigenvalue weighted by Gasteiger charge is 2.65. The maximum Gasteiger partial charge on any atom is 0.155 e. The molecule has 4 aliphatic carbocycles. The van der Waals surface area contributed by atoms with Crippen molar-refractivity contribution in [3.63, 3.8) is 0 Å². The van der Waals surface area contributed by atoms with Gasteiger partial charge in [0.25, 0.3) is 0 Å². The van der Waals surface area contributed by atoms with E-state index in [1.165, 1.54) is 56.9 Å². The van der Waals surface area contributed by atoms with Crippen molar-refractivity contribution in [2.45, 2.75) is 83.7 Å². The summed E-state index contributed by atoms with van der Waals surface area (Å²) in [6, 6.07) is 0. The van der Waals surface area contributed by atoms with Crippen molar-refractivity contribution >= 4 is 5.78 Å². The minimum absolute atomic E-state index is 0.211. The molecule has 0 unspecified atom stereocenters. The van der Waals surface area contributed by atoms with Crippen molar-refractivity contribution in [3.05, 3.63) is 11.6 Å². The summed E-state index contributed by atoms with van der Waals surface area (Å²) >= 11 is 0. The summed E-state index contributed by atoms with van der Waals surface area (Å²) in [4.78, 5) is 11.9. The molecule has 1 aliphatic heterocycles. The van der Waals surface area contributed by atoms with E-state index >= 15 is 0 Å². The molecule has 1 saturated heterocycles. The molecule has 0 aromatic heterocycles. The highest BCUT2D eigenvalue weighted by atomic mass is 16.5. The van der Waals surface area contributed by atoms with Crippen molar-refractivity contribution in [2.24, 2.45) is 28.6 Å². The lowest BCUT2D eigenvalue weighted by Gasteiger charge is -2.59. The average molecular weight is 328 g/mol. The van der Waals surface area contributed by atoms with E-state index in [0.29, 0.717) is 16.6 Å². The second-order valence-electron chi connectivity index (χ2n) is 9.91. The predicted molar refractivity (Wildman–Crippen MR) is 94.6 cm³/mol. The van der Waals surface area contributed by atoms with Gasteiger partial charge in [-0.05, 0) is 92.4 Å². The minimum atomic E-state index is 0.211. The third kappa shape index (κ3) is 1.79. The number of hydrogen-bond donors (Lipinski definition) is 0. The smallest absolute Gasteiger partial charge is 0.155 e. The number of ketones is 1. The molecule has 0 aromatic rings. The van der Waals surface area contributed by atoms with Gasteiger partial charge in [-0.25, -0.2) is 0 Å². The van der Waals surface area contributed by atoms with Gasteiger partial charge < -0.3 is 4.74 Å². The van der Waals surface area contributed by atoms with Gasteiger partial charge in [-0.2, -0.15) is 0 Å². The van der Waals surface area contributed by atoms with Crippen molar-refractivity contribution in [3.8, 4) is 0 Å². The van der Waals surface area contributed by atoms with E-state index in [1.807, 2.05) is 6.08 Å². The van der Waals surface area contributed by atoms with Crippen LogP contribution in [0, 0.1) is 28.6 Å². The molecule has 132 valence electrons. The number of rotatable bonds is 0. The Morgan fingerprint density at radius 2 is 1.83 bits per heavy atom. The fourth-order valence-electron chi connectivity index (χ4n) is 8.00. The van der Waals surface area contributed by atoms with Crippen molar-refractivity contribution in [2.75, 3.05) is 6.61 Å². The Morgan fingerprint density at radius 3 is 2.62 bits per heavy atom. The van der Waals surface area contributed by atoms with E-state index in [9.17, 15) is 4.79 Å². The summed E-state index contributed by atoms with van der Waals surface area (Å²) in [6.45, 7) is 6.05. The molecular weight excluding hydrogens is 296 g/mol. The van der Waals surface area contributed by atoms with Gasteiger partial charge in [-0.1, -0.05) is 19.4 Å². The van der Waals surface area contributed by atoms with Crippen LogP contribution >= 0.6 is 0 Å². The Labute approximate surface area is 146 Å². The first kappa shape index (κ1) is 15.6. The van der Waals surface area contributed by atoms with Crippen LogP contribution in [0.2, 0.25) is 0 Å². The molecule has 5 aliphatic rings. The second kappa shape index (κ2) is 4.96. The molecule has 0 N–H and O–H groups in total. The van der Waals surface area contributed by atoms with E-state index in [-0.39, 0.29) is 5.60 Å². The normalized spacial score (nSPS) is 53.5. The summed E-state index contributed by atoms with van der Waals surface area (Å²) < 4.78 is 6.44. The Balaban J connectivity index is 1.49. The van der Waals surface area contributed by atoms with E-state index < -0.39 is 0 Å². The predicted octanol–water partition coefficient (Wildman–Crippen LogP) is 5.07. The quantitative estimate of drug-likeness (QED) is 0.621. The van der Waals surface area contributed by atoms with Crippen LogP contribution in [0.5, 0.6) is 0 Å². The number of allylic oxidation sites excluding steroid dienone is 1. The summed E-state index contributed by atoms with van der Waals surface area (Å²) in [5.41, 5.74) is 2.42. The molecular formula is C22H32O2. The Kier molecular flexibility index (Phi) is 3.23. The maximum absolute atomic E-state index is 11.9. The molecule has 3 saturated carbocycles. The lowest BCUT2D eigenvalue weighted by molar-refractivity contribution is -0.136. The number of carbonyl (C=O) groups is 1. The Bertz CT molecular complexity index is 599.